The number of sulfonamides is 1. The first kappa shape index (κ1) is 18.3. The number of hydrogen-bond acceptors (Lipinski definition) is 4. The third kappa shape index (κ3) is 3.08. The van der Waals surface area contributed by atoms with Gasteiger partial charge in [-0.25, -0.2) is 8.42 Å². The minimum Gasteiger partial charge on any atom is -0.454 e. The molecule has 0 spiro atoms. The molecule has 0 saturated carbocycles. The van der Waals surface area contributed by atoms with Crippen LogP contribution in [0.4, 0.5) is 11.4 Å². The van der Waals surface area contributed by atoms with Crippen LogP contribution in [0.3, 0.4) is 0 Å². The summed E-state index contributed by atoms with van der Waals surface area (Å²) >= 11 is 6.29. The number of para-hydroxylation sites is 3. The Morgan fingerprint density at radius 1 is 0.964 bits per heavy atom. The van der Waals surface area contributed by atoms with Crippen molar-refractivity contribution in [2.45, 2.75) is 4.90 Å². The van der Waals surface area contributed by atoms with Crippen molar-refractivity contribution in [2.24, 2.45) is 0 Å². The van der Waals surface area contributed by atoms with Crippen LogP contribution >= 0.6 is 11.6 Å². The van der Waals surface area contributed by atoms with Gasteiger partial charge in [0.25, 0.3) is 15.9 Å². The number of nitrogens with one attached hydrogen (secondary N) is 1. The number of rotatable bonds is 3. The van der Waals surface area contributed by atoms with Gasteiger partial charge in [-0.2, -0.15) is 0 Å². The lowest BCUT2D eigenvalue weighted by molar-refractivity contribution is 0.102. The van der Waals surface area contributed by atoms with E-state index in [1.54, 1.807) is 54.6 Å². The number of halogens is 1. The van der Waals surface area contributed by atoms with Crippen LogP contribution in [0.1, 0.15) is 10.4 Å². The topological polar surface area (TPSA) is 75.7 Å². The molecule has 8 heteroatoms. The number of hydrogen-bond donors (Lipinski definition) is 1. The lowest BCUT2D eigenvalue weighted by Gasteiger charge is -2.21. The number of carbonyl (C=O) groups excluding carboxylic acids is 1. The maximum atomic E-state index is 13.1. The summed E-state index contributed by atoms with van der Waals surface area (Å²) in [4.78, 5) is 12.5. The quantitative estimate of drug-likeness (QED) is 0.683. The third-order valence-corrected chi connectivity index (χ3v) is 6.64. The van der Waals surface area contributed by atoms with Gasteiger partial charge in [-0.3, -0.25) is 9.10 Å². The zero-order valence-electron chi connectivity index (χ0n) is 14.7. The van der Waals surface area contributed by atoms with E-state index in [9.17, 15) is 13.2 Å². The van der Waals surface area contributed by atoms with Gasteiger partial charge in [0.2, 0.25) is 0 Å². The van der Waals surface area contributed by atoms with Crippen molar-refractivity contribution in [3.8, 4) is 11.5 Å². The molecule has 142 valence electrons. The van der Waals surface area contributed by atoms with Gasteiger partial charge in [-0.15, -0.1) is 0 Å². The molecule has 4 rings (SSSR count). The number of ether oxygens (including phenoxy) is 1. The van der Waals surface area contributed by atoms with Crippen LogP contribution < -0.4 is 14.4 Å². The molecule has 1 aliphatic rings. The zero-order valence-corrected chi connectivity index (χ0v) is 16.3. The molecule has 1 N–H and O–H groups in total. The highest BCUT2D eigenvalue weighted by molar-refractivity contribution is 7.93. The predicted octanol–water partition coefficient (Wildman–Crippen LogP) is 4.52. The van der Waals surface area contributed by atoms with Gasteiger partial charge in [0.1, 0.15) is 10.6 Å². The summed E-state index contributed by atoms with van der Waals surface area (Å²) in [5, 5.41) is 2.69. The molecular formula is C20H15ClN2O4S. The Bertz CT molecular complexity index is 1180. The second kappa shape index (κ2) is 6.85. The van der Waals surface area contributed by atoms with Crippen molar-refractivity contribution in [3.05, 3.63) is 77.3 Å². The lowest BCUT2D eigenvalue weighted by Crippen LogP contribution is -2.27. The van der Waals surface area contributed by atoms with Crippen LogP contribution in [0.5, 0.6) is 11.5 Å². The minimum atomic E-state index is -3.99. The van der Waals surface area contributed by atoms with E-state index in [2.05, 4.69) is 5.32 Å². The fourth-order valence-electron chi connectivity index (χ4n) is 2.89. The average Bonchev–Trinajstić information content (AvgIpc) is 2.82. The van der Waals surface area contributed by atoms with E-state index in [-0.39, 0.29) is 21.2 Å². The van der Waals surface area contributed by atoms with Crippen LogP contribution in [0.2, 0.25) is 5.02 Å². The Labute approximate surface area is 167 Å². The van der Waals surface area contributed by atoms with Crippen LogP contribution in [-0.4, -0.2) is 21.4 Å². The van der Waals surface area contributed by atoms with Crippen molar-refractivity contribution in [2.75, 3.05) is 16.7 Å². The molecule has 0 saturated heterocycles. The zero-order chi connectivity index (χ0) is 19.9. The molecule has 6 nitrogen and oxygen atoms in total. The fourth-order valence-corrected chi connectivity index (χ4v) is 4.60. The molecule has 0 aliphatic carbocycles. The smallest absolute Gasteiger partial charge is 0.265 e. The molecule has 3 aromatic carbocycles. The Kier molecular flexibility index (Phi) is 4.49. The highest BCUT2D eigenvalue weighted by Gasteiger charge is 2.29. The highest BCUT2D eigenvalue weighted by atomic mass is 35.5. The Hall–Kier alpha value is -3.03. The number of amides is 1. The molecule has 0 radical (unpaired) electrons. The minimum absolute atomic E-state index is 0.0336. The molecular weight excluding hydrogens is 400 g/mol. The van der Waals surface area contributed by atoms with Gasteiger partial charge in [-0.05, 0) is 30.3 Å². The van der Waals surface area contributed by atoms with Gasteiger partial charge in [-0.1, -0.05) is 41.9 Å². The summed E-state index contributed by atoms with van der Waals surface area (Å²) in [6.07, 6.45) is 0. The van der Waals surface area contributed by atoms with E-state index >= 15 is 0 Å². The largest absolute Gasteiger partial charge is 0.454 e. The predicted molar refractivity (Wildman–Crippen MR) is 108 cm³/mol. The first-order chi connectivity index (χ1) is 13.4. The first-order valence-electron chi connectivity index (χ1n) is 8.33. The van der Waals surface area contributed by atoms with Crippen LogP contribution in [-0.2, 0) is 10.0 Å². The standard InChI is InChI=1S/C20H15ClN2O4S/c1-23(13-7-3-2-4-8-13)28(25,26)19-11-14-18(12-15(19)21)27-17-10-6-5-9-16(17)22-20(14)24/h2-12H,1H3,(H,22,24). The van der Waals surface area contributed by atoms with E-state index in [1.807, 2.05) is 0 Å². The van der Waals surface area contributed by atoms with E-state index in [0.29, 0.717) is 17.1 Å². The molecule has 0 bridgehead atoms. The first-order valence-corrected chi connectivity index (χ1v) is 10.2. The van der Waals surface area contributed by atoms with Gasteiger partial charge >= 0.3 is 0 Å². The van der Waals surface area contributed by atoms with Crippen molar-refractivity contribution < 1.29 is 17.9 Å². The molecule has 0 atom stereocenters. The summed E-state index contributed by atoms with van der Waals surface area (Å²) in [5.41, 5.74) is 1.05. The van der Waals surface area contributed by atoms with E-state index in [1.165, 1.54) is 19.2 Å². The van der Waals surface area contributed by atoms with Gasteiger partial charge in [0.15, 0.2) is 5.75 Å². The van der Waals surface area contributed by atoms with Gasteiger partial charge in [0.05, 0.1) is 22.0 Å². The maximum absolute atomic E-state index is 13.1. The number of benzene rings is 3. The Morgan fingerprint density at radius 3 is 2.39 bits per heavy atom. The van der Waals surface area contributed by atoms with Crippen LogP contribution in [0.25, 0.3) is 0 Å². The second-order valence-electron chi connectivity index (χ2n) is 6.14. The highest BCUT2D eigenvalue weighted by Crippen LogP contribution is 2.39. The molecule has 3 aromatic rings. The number of nitrogens with zero attached hydrogens (tertiary/aromatic N) is 1. The van der Waals surface area contributed by atoms with E-state index in [0.717, 1.165) is 4.31 Å². The van der Waals surface area contributed by atoms with E-state index in [4.69, 9.17) is 16.3 Å². The number of fused-ring (bicyclic) bond motifs is 2. The monoisotopic (exact) mass is 414 g/mol. The number of carbonyl (C=O) groups is 1. The summed E-state index contributed by atoms with van der Waals surface area (Å²) in [7, 11) is -2.56. The second-order valence-corrected chi connectivity index (χ2v) is 8.48. The molecule has 0 aromatic heterocycles. The molecule has 1 amide bonds. The number of anilines is 2. The van der Waals surface area contributed by atoms with E-state index < -0.39 is 15.9 Å². The Balaban J connectivity index is 1.81. The van der Waals surface area contributed by atoms with Gasteiger partial charge < -0.3 is 10.1 Å². The molecule has 0 fully saturated rings. The summed E-state index contributed by atoms with van der Waals surface area (Å²) in [6, 6.07) is 18.1. The SMILES string of the molecule is CN(c1ccccc1)S(=O)(=O)c1cc2c(cc1Cl)Oc1ccccc1NC2=O. The third-order valence-electron chi connectivity index (χ3n) is 4.39. The maximum Gasteiger partial charge on any atom is 0.265 e. The summed E-state index contributed by atoms with van der Waals surface area (Å²) < 4.78 is 33.1. The molecule has 0 unspecified atom stereocenters. The van der Waals surface area contributed by atoms with Crippen LogP contribution in [0, 0.1) is 0 Å². The van der Waals surface area contributed by atoms with Crippen LogP contribution in [0.15, 0.2) is 71.6 Å². The Morgan fingerprint density at radius 2 is 1.64 bits per heavy atom. The van der Waals surface area contributed by atoms with Crippen molar-refractivity contribution >= 4 is 38.9 Å². The summed E-state index contributed by atoms with van der Waals surface area (Å²) in [6.45, 7) is 0. The van der Waals surface area contributed by atoms with Gasteiger partial charge in [0, 0.05) is 13.1 Å². The van der Waals surface area contributed by atoms with Crippen molar-refractivity contribution in [1.82, 2.24) is 0 Å². The lowest BCUT2D eigenvalue weighted by atomic mass is 10.2. The molecule has 1 aliphatic heterocycles. The van der Waals surface area contributed by atoms with Crippen molar-refractivity contribution in [3.63, 3.8) is 0 Å². The average molecular weight is 415 g/mol. The fraction of sp³-hybridized carbons (Fsp3) is 0.0500. The molecule has 1 heterocycles. The summed E-state index contributed by atoms with van der Waals surface area (Å²) in [5.74, 6) is 0.159. The molecule has 28 heavy (non-hydrogen) atoms. The normalized spacial score (nSPS) is 12.9. The van der Waals surface area contributed by atoms with Crippen molar-refractivity contribution in [1.29, 1.82) is 0 Å².